The van der Waals surface area contributed by atoms with Gasteiger partial charge in [-0.15, -0.1) is 0 Å². The molecule has 1 heterocycles. The SMILES string of the molecule is CCOc1cc(NCC2CCCC2)nc(C)n1. The predicted molar refractivity (Wildman–Crippen MR) is 68.4 cm³/mol. The van der Waals surface area contributed by atoms with Crippen LogP contribution in [0.1, 0.15) is 38.4 Å². The zero-order valence-corrected chi connectivity index (χ0v) is 10.7. The number of nitrogens with zero attached hydrogens (tertiary/aromatic N) is 2. The highest BCUT2D eigenvalue weighted by Gasteiger charge is 2.14. The van der Waals surface area contributed by atoms with Gasteiger partial charge in [0.15, 0.2) is 0 Å². The highest BCUT2D eigenvalue weighted by molar-refractivity contribution is 5.38. The van der Waals surface area contributed by atoms with Crippen LogP contribution in [0.25, 0.3) is 0 Å². The van der Waals surface area contributed by atoms with Crippen LogP contribution in [0, 0.1) is 12.8 Å². The molecule has 94 valence electrons. The number of nitrogens with one attached hydrogen (secondary N) is 1. The Kier molecular flexibility index (Phi) is 4.18. The molecule has 0 aliphatic heterocycles. The third-order valence-electron chi connectivity index (χ3n) is 3.15. The van der Waals surface area contributed by atoms with Crippen LogP contribution in [0.5, 0.6) is 5.88 Å². The first-order chi connectivity index (χ1) is 8.28. The lowest BCUT2D eigenvalue weighted by Crippen LogP contribution is -2.12. The summed E-state index contributed by atoms with van der Waals surface area (Å²) in [6.45, 7) is 5.51. The third-order valence-corrected chi connectivity index (χ3v) is 3.15. The monoisotopic (exact) mass is 235 g/mol. The van der Waals surface area contributed by atoms with Crippen LogP contribution < -0.4 is 10.1 Å². The van der Waals surface area contributed by atoms with Gasteiger partial charge < -0.3 is 10.1 Å². The van der Waals surface area contributed by atoms with Gasteiger partial charge in [-0.3, -0.25) is 0 Å². The fraction of sp³-hybridized carbons (Fsp3) is 0.692. The average molecular weight is 235 g/mol. The second-order valence-electron chi connectivity index (χ2n) is 4.60. The molecular weight excluding hydrogens is 214 g/mol. The summed E-state index contributed by atoms with van der Waals surface area (Å²) in [5, 5.41) is 3.40. The molecule has 0 spiro atoms. The van der Waals surface area contributed by atoms with E-state index >= 15 is 0 Å². The van der Waals surface area contributed by atoms with Gasteiger partial charge in [-0.25, -0.2) is 4.98 Å². The van der Waals surface area contributed by atoms with Crippen LogP contribution in [-0.4, -0.2) is 23.1 Å². The summed E-state index contributed by atoms with van der Waals surface area (Å²) in [6, 6.07) is 1.88. The van der Waals surface area contributed by atoms with Gasteiger partial charge in [0, 0.05) is 12.6 Å². The zero-order chi connectivity index (χ0) is 12.1. The molecular formula is C13H21N3O. The standard InChI is InChI=1S/C13H21N3O/c1-3-17-13-8-12(15-10(2)16-13)14-9-11-6-4-5-7-11/h8,11H,3-7,9H2,1-2H3,(H,14,15,16). The topological polar surface area (TPSA) is 47.0 Å². The Balaban J connectivity index is 1.94. The molecule has 1 aliphatic carbocycles. The second-order valence-corrected chi connectivity index (χ2v) is 4.60. The molecule has 1 aromatic heterocycles. The van der Waals surface area contributed by atoms with Crippen molar-refractivity contribution in [1.82, 2.24) is 9.97 Å². The van der Waals surface area contributed by atoms with E-state index in [1.54, 1.807) is 0 Å². The molecule has 2 rings (SSSR count). The molecule has 0 bridgehead atoms. The van der Waals surface area contributed by atoms with Crippen molar-refractivity contribution in [3.8, 4) is 5.88 Å². The third kappa shape index (κ3) is 3.58. The summed E-state index contributed by atoms with van der Waals surface area (Å²) < 4.78 is 5.41. The van der Waals surface area contributed by atoms with Crippen LogP contribution in [-0.2, 0) is 0 Å². The first-order valence-electron chi connectivity index (χ1n) is 6.50. The number of anilines is 1. The van der Waals surface area contributed by atoms with E-state index in [2.05, 4.69) is 15.3 Å². The molecule has 0 aromatic carbocycles. The van der Waals surface area contributed by atoms with E-state index in [1.165, 1.54) is 25.7 Å². The van der Waals surface area contributed by atoms with Gasteiger partial charge in [0.1, 0.15) is 11.6 Å². The number of aryl methyl sites for hydroxylation is 1. The summed E-state index contributed by atoms with van der Waals surface area (Å²) in [5.41, 5.74) is 0. The van der Waals surface area contributed by atoms with Gasteiger partial charge in [-0.2, -0.15) is 4.98 Å². The van der Waals surface area contributed by atoms with E-state index < -0.39 is 0 Å². The van der Waals surface area contributed by atoms with Crippen molar-refractivity contribution >= 4 is 5.82 Å². The quantitative estimate of drug-likeness (QED) is 0.852. The Morgan fingerprint density at radius 1 is 1.35 bits per heavy atom. The lowest BCUT2D eigenvalue weighted by atomic mass is 10.1. The van der Waals surface area contributed by atoms with Crippen molar-refractivity contribution in [1.29, 1.82) is 0 Å². The zero-order valence-electron chi connectivity index (χ0n) is 10.7. The molecule has 4 nitrogen and oxygen atoms in total. The van der Waals surface area contributed by atoms with E-state index in [0.717, 1.165) is 24.1 Å². The summed E-state index contributed by atoms with van der Waals surface area (Å²) in [7, 11) is 0. The van der Waals surface area contributed by atoms with Crippen LogP contribution in [0.4, 0.5) is 5.82 Å². The van der Waals surface area contributed by atoms with Gasteiger partial charge in [-0.1, -0.05) is 12.8 Å². The molecule has 0 amide bonds. The maximum absolute atomic E-state index is 5.41. The van der Waals surface area contributed by atoms with Gasteiger partial charge >= 0.3 is 0 Å². The fourth-order valence-electron chi connectivity index (χ4n) is 2.32. The predicted octanol–water partition coefficient (Wildman–Crippen LogP) is 2.79. The lowest BCUT2D eigenvalue weighted by molar-refractivity contribution is 0.325. The normalized spacial score (nSPS) is 16.1. The van der Waals surface area contributed by atoms with Crippen LogP contribution >= 0.6 is 0 Å². The summed E-state index contributed by atoms with van der Waals surface area (Å²) in [4.78, 5) is 8.60. The smallest absolute Gasteiger partial charge is 0.218 e. The van der Waals surface area contributed by atoms with E-state index in [-0.39, 0.29) is 0 Å². The Morgan fingerprint density at radius 2 is 2.12 bits per heavy atom. The molecule has 17 heavy (non-hydrogen) atoms. The van der Waals surface area contributed by atoms with Crippen molar-refractivity contribution in [2.45, 2.75) is 39.5 Å². The minimum absolute atomic E-state index is 0.637. The highest BCUT2D eigenvalue weighted by atomic mass is 16.5. The minimum atomic E-state index is 0.637. The van der Waals surface area contributed by atoms with E-state index in [0.29, 0.717) is 12.5 Å². The molecule has 1 aromatic rings. The number of ether oxygens (including phenoxy) is 1. The van der Waals surface area contributed by atoms with E-state index in [1.807, 2.05) is 19.9 Å². The summed E-state index contributed by atoms with van der Waals surface area (Å²) >= 11 is 0. The molecule has 0 atom stereocenters. The Morgan fingerprint density at radius 3 is 2.82 bits per heavy atom. The average Bonchev–Trinajstić information content (AvgIpc) is 2.79. The van der Waals surface area contributed by atoms with Gasteiger partial charge in [-0.05, 0) is 32.6 Å². The van der Waals surface area contributed by atoms with Crippen LogP contribution in [0.15, 0.2) is 6.07 Å². The number of hydrogen-bond acceptors (Lipinski definition) is 4. The molecule has 4 heteroatoms. The molecule has 0 saturated heterocycles. The Labute approximate surface area is 103 Å². The highest BCUT2D eigenvalue weighted by Crippen LogP contribution is 2.25. The number of rotatable bonds is 5. The first kappa shape index (κ1) is 12.1. The fourth-order valence-corrected chi connectivity index (χ4v) is 2.32. The minimum Gasteiger partial charge on any atom is -0.478 e. The molecule has 0 radical (unpaired) electrons. The van der Waals surface area contributed by atoms with Crippen molar-refractivity contribution in [2.75, 3.05) is 18.5 Å². The molecule has 1 fully saturated rings. The molecule has 1 saturated carbocycles. The Bertz CT molecular complexity index is 362. The Hall–Kier alpha value is -1.32. The summed E-state index contributed by atoms with van der Waals surface area (Å²) in [6.07, 6.45) is 5.43. The molecule has 1 aliphatic rings. The van der Waals surface area contributed by atoms with Crippen LogP contribution in [0.2, 0.25) is 0 Å². The van der Waals surface area contributed by atoms with Crippen molar-refractivity contribution < 1.29 is 4.74 Å². The first-order valence-corrected chi connectivity index (χ1v) is 6.50. The lowest BCUT2D eigenvalue weighted by Gasteiger charge is -2.12. The van der Waals surface area contributed by atoms with Crippen molar-refractivity contribution in [3.63, 3.8) is 0 Å². The van der Waals surface area contributed by atoms with Crippen molar-refractivity contribution in [2.24, 2.45) is 5.92 Å². The maximum Gasteiger partial charge on any atom is 0.218 e. The van der Waals surface area contributed by atoms with E-state index in [4.69, 9.17) is 4.74 Å². The molecule has 1 N–H and O–H groups in total. The maximum atomic E-state index is 5.41. The second kappa shape index (κ2) is 5.84. The number of aromatic nitrogens is 2. The van der Waals surface area contributed by atoms with Gasteiger partial charge in [0.25, 0.3) is 0 Å². The largest absolute Gasteiger partial charge is 0.478 e. The van der Waals surface area contributed by atoms with Crippen molar-refractivity contribution in [3.05, 3.63) is 11.9 Å². The van der Waals surface area contributed by atoms with Gasteiger partial charge in [0.05, 0.1) is 6.61 Å². The van der Waals surface area contributed by atoms with Gasteiger partial charge in [0.2, 0.25) is 5.88 Å². The number of hydrogen-bond donors (Lipinski definition) is 1. The molecule has 0 unspecified atom stereocenters. The van der Waals surface area contributed by atoms with Crippen LogP contribution in [0.3, 0.4) is 0 Å². The summed E-state index contributed by atoms with van der Waals surface area (Å²) in [5.74, 6) is 3.10. The van der Waals surface area contributed by atoms with E-state index in [9.17, 15) is 0 Å².